The number of nitriles is 1. The van der Waals surface area contributed by atoms with Gasteiger partial charge in [-0.1, -0.05) is 19.1 Å². The van der Waals surface area contributed by atoms with E-state index in [9.17, 15) is 4.79 Å². The first kappa shape index (κ1) is 15.5. The molecule has 0 aliphatic carbocycles. The second-order valence-corrected chi connectivity index (χ2v) is 5.98. The first-order valence-electron chi connectivity index (χ1n) is 7.63. The van der Waals surface area contributed by atoms with Gasteiger partial charge in [0.05, 0.1) is 11.3 Å². The van der Waals surface area contributed by atoms with Crippen LogP contribution in [0.15, 0.2) is 24.3 Å². The van der Waals surface area contributed by atoms with E-state index in [0.29, 0.717) is 29.6 Å². The average Bonchev–Trinajstić information content (AvgIpc) is 2.49. The zero-order chi connectivity index (χ0) is 15.2. The van der Waals surface area contributed by atoms with Crippen LogP contribution in [-0.4, -0.2) is 29.9 Å². The molecule has 0 bridgehead atoms. The van der Waals surface area contributed by atoms with E-state index in [0.717, 1.165) is 13.1 Å². The second kappa shape index (κ2) is 7.24. The van der Waals surface area contributed by atoms with Crippen LogP contribution in [0, 0.1) is 17.2 Å². The fourth-order valence-corrected chi connectivity index (χ4v) is 2.84. The molecule has 2 rings (SSSR count). The highest BCUT2D eigenvalue weighted by Gasteiger charge is 2.23. The van der Waals surface area contributed by atoms with Crippen molar-refractivity contribution >= 4 is 11.6 Å². The molecule has 0 radical (unpaired) electrons. The number of amides is 1. The van der Waals surface area contributed by atoms with E-state index in [4.69, 9.17) is 5.26 Å². The molecule has 2 unspecified atom stereocenters. The maximum atomic E-state index is 12.1. The Balaban J connectivity index is 1.86. The molecular formula is C17H23N3O. The van der Waals surface area contributed by atoms with Crippen LogP contribution >= 0.6 is 0 Å². The van der Waals surface area contributed by atoms with Gasteiger partial charge in [-0.05, 0) is 37.8 Å². The lowest BCUT2D eigenvalue weighted by atomic mass is 9.95. The molecule has 1 N–H and O–H groups in total. The third kappa shape index (κ3) is 4.30. The number of hydrogen-bond donors (Lipinski definition) is 1. The summed E-state index contributed by atoms with van der Waals surface area (Å²) in [5.74, 6) is 0.687. The Morgan fingerprint density at radius 1 is 1.38 bits per heavy atom. The van der Waals surface area contributed by atoms with Gasteiger partial charge in [0.1, 0.15) is 6.07 Å². The second-order valence-electron chi connectivity index (χ2n) is 5.98. The maximum Gasteiger partial charge on any atom is 0.225 e. The van der Waals surface area contributed by atoms with Gasteiger partial charge in [-0.3, -0.25) is 9.69 Å². The molecule has 2 atom stereocenters. The van der Waals surface area contributed by atoms with Crippen molar-refractivity contribution in [2.45, 2.75) is 39.2 Å². The number of anilines is 1. The van der Waals surface area contributed by atoms with Crippen molar-refractivity contribution < 1.29 is 4.79 Å². The van der Waals surface area contributed by atoms with Crippen LogP contribution in [-0.2, 0) is 4.79 Å². The molecule has 4 nitrogen and oxygen atoms in total. The van der Waals surface area contributed by atoms with Crippen molar-refractivity contribution in [3.05, 3.63) is 29.8 Å². The Bertz CT molecular complexity index is 535. The number of nitrogens with zero attached hydrogens (tertiary/aromatic N) is 2. The molecule has 112 valence electrons. The molecule has 1 heterocycles. The third-order valence-corrected chi connectivity index (χ3v) is 4.19. The van der Waals surface area contributed by atoms with Crippen LogP contribution < -0.4 is 5.32 Å². The Morgan fingerprint density at radius 2 is 2.14 bits per heavy atom. The standard InChI is InChI=1S/C17H23N3O/c1-13-7-8-14(2)20(12-13)10-9-17(21)19-16-6-4-3-5-15(16)11-18/h3-6,13-14H,7-10,12H2,1-2H3,(H,19,21). The van der Waals surface area contributed by atoms with E-state index in [-0.39, 0.29) is 5.91 Å². The highest BCUT2D eigenvalue weighted by atomic mass is 16.1. The van der Waals surface area contributed by atoms with Gasteiger partial charge in [-0.25, -0.2) is 0 Å². The lowest BCUT2D eigenvalue weighted by molar-refractivity contribution is -0.116. The molecule has 4 heteroatoms. The van der Waals surface area contributed by atoms with E-state index >= 15 is 0 Å². The number of likely N-dealkylation sites (tertiary alicyclic amines) is 1. The van der Waals surface area contributed by atoms with Crippen LogP contribution in [0.4, 0.5) is 5.69 Å². The number of nitrogens with one attached hydrogen (secondary N) is 1. The van der Waals surface area contributed by atoms with Crippen molar-refractivity contribution in [1.82, 2.24) is 4.90 Å². The Morgan fingerprint density at radius 3 is 2.90 bits per heavy atom. The highest BCUT2D eigenvalue weighted by Crippen LogP contribution is 2.21. The quantitative estimate of drug-likeness (QED) is 0.925. The Labute approximate surface area is 126 Å². The SMILES string of the molecule is CC1CCC(C)N(CCC(=O)Nc2ccccc2C#N)C1. The monoisotopic (exact) mass is 285 g/mol. The number of hydrogen-bond acceptors (Lipinski definition) is 3. The summed E-state index contributed by atoms with van der Waals surface area (Å²) in [4.78, 5) is 14.5. The van der Waals surface area contributed by atoms with Crippen LogP contribution in [0.1, 0.15) is 38.7 Å². The van der Waals surface area contributed by atoms with Gasteiger partial charge in [0.25, 0.3) is 0 Å². The lowest BCUT2D eigenvalue weighted by Crippen LogP contribution is -2.42. The summed E-state index contributed by atoms with van der Waals surface area (Å²) in [5.41, 5.74) is 1.11. The summed E-state index contributed by atoms with van der Waals surface area (Å²) in [6, 6.07) is 9.75. The largest absolute Gasteiger partial charge is 0.325 e. The Kier molecular flexibility index (Phi) is 5.35. The number of benzene rings is 1. The van der Waals surface area contributed by atoms with Crippen LogP contribution in [0.3, 0.4) is 0 Å². The van der Waals surface area contributed by atoms with Crippen LogP contribution in [0.2, 0.25) is 0 Å². The van der Waals surface area contributed by atoms with Crippen LogP contribution in [0.5, 0.6) is 0 Å². The van der Waals surface area contributed by atoms with Crippen molar-refractivity contribution in [3.8, 4) is 6.07 Å². The first-order valence-corrected chi connectivity index (χ1v) is 7.63. The molecule has 1 amide bonds. The molecule has 1 saturated heterocycles. The first-order chi connectivity index (χ1) is 10.1. The third-order valence-electron chi connectivity index (χ3n) is 4.19. The molecule has 1 aliphatic rings. The summed E-state index contributed by atoms with van der Waals surface area (Å²) in [6.07, 6.45) is 2.95. The average molecular weight is 285 g/mol. The van der Waals surface area contributed by atoms with Crippen LogP contribution in [0.25, 0.3) is 0 Å². The number of carbonyl (C=O) groups excluding carboxylic acids is 1. The molecular weight excluding hydrogens is 262 g/mol. The van der Waals surface area contributed by atoms with E-state index in [1.165, 1.54) is 12.8 Å². The number of rotatable bonds is 4. The molecule has 0 spiro atoms. The number of para-hydroxylation sites is 1. The van der Waals surface area contributed by atoms with Gasteiger partial charge in [-0.2, -0.15) is 5.26 Å². The van der Waals surface area contributed by atoms with Crippen molar-refractivity contribution in [1.29, 1.82) is 5.26 Å². The molecule has 1 aliphatic heterocycles. The fourth-order valence-electron chi connectivity index (χ4n) is 2.84. The van der Waals surface area contributed by atoms with Gasteiger partial charge in [-0.15, -0.1) is 0 Å². The minimum absolute atomic E-state index is 0.0249. The van der Waals surface area contributed by atoms with E-state index in [1.807, 2.05) is 6.07 Å². The Hall–Kier alpha value is -1.86. The highest BCUT2D eigenvalue weighted by molar-refractivity contribution is 5.92. The zero-order valence-electron chi connectivity index (χ0n) is 12.8. The van der Waals surface area contributed by atoms with Gasteiger partial charge in [0.2, 0.25) is 5.91 Å². The smallest absolute Gasteiger partial charge is 0.225 e. The van der Waals surface area contributed by atoms with Crippen molar-refractivity contribution in [2.24, 2.45) is 5.92 Å². The predicted molar refractivity (Wildman–Crippen MR) is 83.8 cm³/mol. The van der Waals surface area contributed by atoms with Gasteiger partial charge < -0.3 is 5.32 Å². The summed E-state index contributed by atoms with van der Waals surface area (Å²) in [5, 5.41) is 11.9. The maximum absolute atomic E-state index is 12.1. The van der Waals surface area contributed by atoms with Gasteiger partial charge in [0, 0.05) is 25.6 Å². The van der Waals surface area contributed by atoms with Crippen molar-refractivity contribution in [3.63, 3.8) is 0 Å². The number of piperidine rings is 1. The predicted octanol–water partition coefficient (Wildman–Crippen LogP) is 3.01. The number of carbonyl (C=O) groups is 1. The lowest BCUT2D eigenvalue weighted by Gasteiger charge is -2.36. The van der Waals surface area contributed by atoms with E-state index < -0.39 is 0 Å². The summed E-state index contributed by atoms with van der Waals surface area (Å²) >= 11 is 0. The summed E-state index contributed by atoms with van der Waals surface area (Å²) < 4.78 is 0. The summed E-state index contributed by atoms with van der Waals surface area (Å²) in [7, 11) is 0. The minimum Gasteiger partial charge on any atom is -0.325 e. The molecule has 0 saturated carbocycles. The summed E-state index contributed by atoms with van der Waals surface area (Å²) in [6.45, 7) is 6.35. The van der Waals surface area contributed by atoms with Crippen molar-refractivity contribution in [2.75, 3.05) is 18.4 Å². The molecule has 21 heavy (non-hydrogen) atoms. The van der Waals surface area contributed by atoms with Gasteiger partial charge in [0.15, 0.2) is 0 Å². The molecule has 0 aromatic heterocycles. The minimum atomic E-state index is -0.0249. The fraction of sp³-hybridized carbons (Fsp3) is 0.529. The van der Waals surface area contributed by atoms with E-state index in [2.05, 4.69) is 30.1 Å². The normalized spacial score (nSPS) is 22.5. The molecule has 1 aromatic rings. The van der Waals surface area contributed by atoms with E-state index in [1.54, 1.807) is 18.2 Å². The zero-order valence-corrected chi connectivity index (χ0v) is 12.8. The molecule has 1 aromatic carbocycles. The van der Waals surface area contributed by atoms with Gasteiger partial charge >= 0.3 is 0 Å². The topological polar surface area (TPSA) is 56.1 Å². The molecule has 1 fully saturated rings.